The van der Waals surface area contributed by atoms with E-state index in [9.17, 15) is 9.59 Å². The van der Waals surface area contributed by atoms with Gasteiger partial charge < -0.3 is 16.0 Å². The number of carbonyl (C=O) groups is 2. The molecule has 0 aromatic heterocycles. The monoisotopic (exact) mass is 385 g/mol. The van der Waals surface area contributed by atoms with Crippen LogP contribution in [0.1, 0.15) is 42.5 Å². The Bertz CT molecular complexity index is 633. The van der Waals surface area contributed by atoms with Crippen molar-refractivity contribution in [2.45, 2.75) is 32.1 Å². The Morgan fingerprint density at radius 2 is 1.92 bits per heavy atom. The molecule has 1 aliphatic heterocycles. The second-order valence-electron chi connectivity index (χ2n) is 6.71. The summed E-state index contributed by atoms with van der Waals surface area (Å²) in [5, 5.41) is 3.44. The van der Waals surface area contributed by atoms with Crippen LogP contribution in [0.4, 0.5) is 5.69 Å². The Hall–Kier alpha value is -1.30. The largest absolute Gasteiger partial charge is 0.339 e. The lowest BCUT2D eigenvalue weighted by atomic mass is 9.95. The van der Waals surface area contributed by atoms with E-state index in [0.717, 1.165) is 45.2 Å². The van der Waals surface area contributed by atoms with Crippen molar-refractivity contribution in [2.75, 3.05) is 25.0 Å². The minimum Gasteiger partial charge on any atom is -0.339 e. The standard InChI is InChI=1S/C18H24ClN3O2.ClH/c19-13-6-7-16(15(10-13)18(24)22-8-1-2-9-22)21-17(23)14-5-3-4-12(14)11-20;/h6-7,10,12,14H,1-5,8-9,11,20H2,(H,21,23);1H/t12-,14-;/m1./s1. The first-order valence-corrected chi connectivity index (χ1v) is 9.07. The van der Waals surface area contributed by atoms with Crippen LogP contribution in [0.25, 0.3) is 0 Å². The van der Waals surface area contributed by atoms with Gasteiger partial charge in [-0.05, 0) is 56.3 Å². The van der Waals surface area contributed by atoms with Crippen molar-refractivity contribution < 1.29 is 9.59 Å². The predicted molar refractivity (Wildman–Crippen MR) is 102 cm³/mol. The number of hydrogen-bond donors (Lipinski definition) is 2. The molecule has 1 heterocycles. The van der Waals surface area contributed by atoms with E-state index in [1.807, 2.05) is 4.90 Å². The maximum atomic E-state index is 12.7. The fourth-order valence-electron chi connectivity index (χ4n) is 3.78. The van der Waals surface area contributed by atoms with Crippen molar-refractivity contribution in [3.05, 3.63) is 28.8 Å². The molecule has 1 aromatic carbocycles. The van der Waals surface area contributed by atoms with Gasteiger partial charge in [0.1, 0.15) is 0 Å². The van der Waals surface area contributed by atoms with Crippen LogP contribution in [0.15, 0.2) is 18.2 Å². The molecule has 5 nitrogen and oxygen atoms in total. The van der Waals surface area contributed by atoms with Gasteiger partial charge in [-0.15, -0.1) is 12.4 Å². The van der Waals surface area contributed by atoms with Gasteiger partial charge in [-0.25, -0.2) is 0 Å². The molecule has 25 heavy (non-hydrogen) atoms. The molecule has 3 rings (SSSR count). The molecule has 2 fully saturated rings. The normalized spacial score (nSPS) is 22.6. The van der Waals surface area contributed by atoms with Gasteiger partial charge in [0.25, 0.3) is 5.91 Å². The second-order valence-corrected chi connectivity index (χ2v) is 7.15. The third kappa shape index (κ3) is 4.46. The highest BCUT2D eigenvalue weighted by Crippen LogP contribution is 2.32. The van der Waals surface area contributed by atoms with Gasteiger partial charge in [-0.3, -0.25) is 9.59 Å². The number of rotatable bonds is 4. The van der Waals surface area contributed by atoms with Gasteiger partial charge in [-0.1, -0.05) is 18.0 Å². The summed E-state index contributed by atoms with van der Waals surface area (Å²) >= 11 is 6.08. The number of anilines is 1. The number of nitrogens with one attached hydrogen (secondary N) is 1. The first-order valence-electron chi connectivity index (χ1n) is 8.70. The summed E-state index contributed by atoms with van der Waals surface area (Å²) in [6.07, 6.45) is 4.92. The Morgan fingerprint density at radius 3 is 2.60 bits per heavy atom. The average Bonchev–Trinajstić information content (AvgIpc) is 3.26. The van der Waals surface area contributed by atoms with E-state index in [-0.39, 0.29) is 36.1 Å². The molecule has 138 valence electrons. The molecule has 3 N–H and O–H groups in total. The number of amides is 2. The number of halogens is 2. The number of hydrogen-bond acceptors (Lipinski definition) is 3. The van der Waals surface area contributed by atoms with E-state index in [0.29, 0.717) is 22.8 Å². The molecule has 1 saturated carbocycles. The SMILES string of the molecule is Cl.NC[C@H]1CCC[C@H]1C(=O)Nc1ccc(Cl)cc1C(=O)N1CCCC1. The molecular weight excluding hydrogens is 361 g/mol. The van der Waals surface area contributed by atoms with E-state index >= 15 is 0 Å². The molecule has 2 aliphatic rings. The summed E-state index contributed by atoms with van der Waals surface area (Å²) < 4.78 is 0. The summed E-state index contributed by atoms with van der Waals surface area (Å²) in [6.45, 7) is 2.05. The molecule has 2 amide bonds. The van der Waals surface area contributed by atoms with Gasteiger partial charge in [0.05, 0.1) is 11.3 Å². The van der Waals surface area contributed by atoms with Gasteiger partial charge in [0.2, 0.25) is 5.91 Å². The van der Waals surface area contributed by atoms with Crippen LogP contribution < -0.4 is 11.1 Å². The molecule has 1 aliphatic carbocycles. The highest BCUT2D eigenvalue weighted by atomic mass is 35.5. The summed E-state index contributed by atoms with van der Waals surface area (Å²) in [6, 6.07) is 5.07. The fraction of sp³-hybridized carbons (Fsp3) is 0.556. The number of likely N-dealkylation sites (tertiary alicyclic amines) is 1. The van der Waals surface area contributed by atoms with Crippen molar-refractivity contribution in [1.29, 1.82) is 0 Å². The van der Waals surface area contributed by atoms with E-state index < -0.39 is 0 Å². The molecule has 1 saturated heterocycles. The van der Waals surface area contributed by atoms with Crippen molar-refractivity contribution in [3.8, 4) is 0 Å². The highest BCUT2D eigenvalue weighted by Gasteiger charge is 2.32. The molecule has 1 aromatic rings. The van der Waals surface area contributed by atoms with Crippen LogP contribution >= 0.6 is 24.0 Å². The topological polar surface area (TPSA) is 75.4 Å². The Balaban J connectivity index is 0.00000225. The Labute approximate surface area is 159 Å². The van der Waals surface area contributed by atoms with Crippen molar-refractivity contribution in [3.63, 3.8) is 0 Å². The molecule has 0 bridgehead atoms. The summed E-state index contributed by atoms with van der Waals surface area (Å²) in [5.74, 6) is 0.0586. The first kappa shape index (κ1) is 20.0. The van der Waals surface area contributed by atoms with Crippen LogP contribution in [0.5, 0.6) is 0 Å². The van der Waals surface area contributed by atoms with Crippen LogP contribution in [-0.4, -0.2) is 36.3 Å². The van der Waals surface area contributed by atoms with Crippen molar-refractivity contribution in [2.24, 2.45) is 17.6 Å². The first-order chi connectivity index (χ1) is 11.6. The smallest absolute Gasteiger partial charge is 0.256 e. The predicted octanol–water partition coefficient (Wildman–Crippen LogP) is 3.31. The van der Waals surface area contributed by atoms with Crippen LogP contribution in [0.3, 0.4) is 0 Å². The van der Waals surface area contributed by atoms with Gasteiger partial charge in [0.15, 0.2) is 0 Å². The zero-order valence-corrected chi connectivity index (χ0v) is 15.7. The van der Waals surface area contributed by atoms with Gasteiger partial charge in [0, 0.05) is 24.0 Å². The molecule has 7 heteroatoms. The van der Waals surface area contributed by atoms with Crippen LogP contribution in [0, 0.1) is 11.8 Å². The van der Waals surface area contributed by atoms with E-state index in [1.165, 1.54) is 0 Å². The molecular formula is C18H25Cl2N3O2. The average molecular weight is 386 g/mol. The van der Waals surface area contributed by atoms with Crippen LogP contribution in [0.2, 0.25) is 5.02 Å². The summed E-state index contributed by atoms with van der Waals surface area (Å²) in [7, 11) is 0. The van der Waals surface area contributed by atoms with Crippen LogP contribution in [-0.2, 0) is 4.79 Å². The second kappa shape index (κ2) is 8.88. The van der Waals surface area contributed by atoms with E-state index in [1.54, 1.807) is 18.2 Å². The van der Waals surface area contributed by atoms with Crippen molar-refractivity contribution in [1.82, 2.24) is 4.90 Å². The molecule has 0 radical (unpaired) electrons. The zero-order valence-electron chi connectivity index (χ0n) is 14.2. The lowest BCUT2D eigenvalue weighted by Crippen LogP contribution is -2.32. The molecule has 0 spiro atoms. The quantitative estimate of drug-likeness (QED) is 0.834. The van der Waals surface area contributed by atoms with Crippen molar-refractivity contribution >= 4 is 41.5 Å². The minimum atomic E-state index is -0.0691. The number of nitrogens with two attached hydrogens (primary N) is 1. The van der Waals surface area contributed by atoms with Gasteiger partial charge >= 0.3 is 0 Å². The third-order valence-corrected chi connectivity index (χ3v) is 5.40. The van der Waals surface area contributed by atoms with Gasteiger partial charge in [-0.2, -0.15) is 0 Å². The maximum absolute atomic E-state index is 12.7. The lowest BCUT2D eigenvalue weighted by Gasteiger charge is -2.21. The number of benzene rings is 1. The fourth-order valence-corrected chi connectivity index (χ4v) is 3.95. The van der Waals surface area contributed by atoms with E-state index in [4.69, 9.17) is 17.3 Å². The Kier molecular flexibility index (Phi) is 7.11. The lowest BCUT2D eigenvalue weighted by molar-refractivity contribution is -0.120. The third-order valence-electron chi connectivity index (χ3n) is 5.16. The highest BCUT2D eigenvalue weighted by molar-refractivity contribution is 6.31. The van der Waals surface area contributed by atoms with E-state index in [2.05, 4.69) is 5.32 Å². The minimum absolute atomic E-state index is 0. The zero-order chi connectivity index (χ0) is 17.1. The summed E-state index contributed by atoms with van der Waals surface area (Å²) in [4.78, 5) is 27.2. The maximum Gasteiger partial charge on any atom is 0.256 e. The Morgan fingerprint density at radius 1 is 1.20 bits per heavy atom. The number of carbonyl (C=O) groups excluding carboxylic acids is 2. The molecule has 2 atom stereocenters. The molecule has 0 unspecified atom stereocenters. The summed E-state index contributed by atoms with van der Waals surface area (Å²) in [5.41, 5.74) is 6.80. The number of nitrogens with zero attached hydrogens (tertiary/aromatic N) is 1.